The number of methoxy groups -OCH3 is 1. The molecule has 0 fully saturated rings. The molecule has 1 atom stereocenters. The highest BCUT2D eigenvalue weighted by molar-refractivity contribution is 9.10. The summed E-state index contributed by atoms with van der Waals surface area (Å²) in [7, 11) is 1.36. The summed E-state index contributed by atoms with van der Waals surface area (Å²) in [6, 6.07) is 3.45. The van der Waals surface area contributed by atoms with Gasteiger partial charge in [-0.25, -0.2) is 9.78 Å². The molecule has 0 aliphatic carbocycles. The first kappa shape index (κ1) is 12.6. The van der Waals surface area contributed by atoms with Crippen LogP contribution in [-0.2, 0) is 17.7 Å². The Labute approximate surface area is 118 Å². The Bertz CT molecular complexity index is 665. The topological polar surface area (TPSA) is 64.3 Å². The van der Waals surface area contributed by atoms with Crippen molar-refractivity contribution in [1.82, 2.24) is 9.55 Å². The summed E-state index contributed by atoms with van der Waals surface area (Å²) in [6.07, 6.45) is 1.14. The fourth-order valence-electron chi connectivity index (χ4n) is 2.49. The van der Waals surface area contributed by atoms with Gasteiger partial charge in [0.25, 0.3) is 0 Å². The summed E-state index contributed by atoms with van der Waals surface area (Å²) in [4.78, 5) is 16.1. The van der Waals surface area contributed by atoms with E-state index in [2.05, 4.69) is 20.9 Å². The normalized spacial score (nSPS) is 18.4. The zero-order chi connectivity index (χ0) is 13.6. The number of carbonyl (C=O) groups excluding carboxylic acids is 1. The maximum Gasteiger partial charge on any atom is 0.337 e. The van der Waals surface area contributed by atoms with E-state index in [1.165, 1.54) is 7.11 Å². The molecule has 19 heavy (non-hydrogen) atoms. The lowest BCUT2D eigenvalue weighted by atomic mass is 10.1. The van der Waals surface area contributed by atoms with Crippen LogP contribution in [0.3, 0.4) is 0 Å². The molecule has 1 aromatic carbocycles. The van der Waals surface area contributed by atoms with Gasteiger partial charge < -0.3 is 14.4 Å². The number of aliphatic hydroxyl groups excluding tert-OH is 1. The maximum atomic E-state index is 11.6. The maximum absolute atomic E-state index is 11.6. The third kappa shape index (κ3) is 2.04. The van der Waals surface area contributed by atoms with Crippen molar-refractivity contribution in [1.29, 1.82) is 0 Å². The lowest BCUT2D eigenvalue weighted by Crippen LogP contribution is -2.24. The molecular formula is C13H13BrN2O3. The minimum atomic E-state index is -0.381. The Balaban J connectivity index is 2.20. The number of aliphatic hydroxyl groups is 1. The van der Waals surface area contributed by atoms with Crippen molar-refractivity contribution in [3.8, 4) is 0 Å². The van der Waals surface area contributed by atoms with Crippen molar-refractivity contribution in [2.24, 2.45) is 0 Å². The number of imidazole rings is 1. The quantitative estimate of drug-likeness (QED) is 0.814. The number of aromatic nitrogens is 2. The lowest BCUT2D eigenvalue weighted by molar-refractivity contribution is 0.0601. The number of rotatable bonds is 1. The second kappa shape index (κ2) is 4.61. The van der Waals surface area contributed by atoms with Crippen LogP contribution in [-0.4, -0.2) is 33.8 Å². The van der Waals surface area contributed by atoms with Crippen LogP contribution in [0.15, 0.2) is 16.6 Å². The summed E-state index contributed by atoms with van der Waals surface area (Å²) in [6.45, 7) is 0.544. The lowest BCUT2D eigenvalue weighted by Gasteiger charge is -2.20. The summed E-state index contributed by atoms with van der Waals surface area (Å²) in [5.74, 6) is 0.566. The van der Waals surface area contributed by atoms with E-state index >= 15 is 0 Å². The Hall–Kier alpha value is -1.40. The number of aryl methyl sites for hydroxylation is 1. The van der Waals surface area contributed by atoms with E-state index in [0.717, 1.165) is 34.2 Å². The van der Waals surface area contributed by atoms with Crippen LogP contribution in [0.2, 0.25) is 0 Å². The number of halogens is 1. The minimum Gasteiger partial charge on any atom is -0.465 e. The van der Waals surface area contributed by atoms with Gasteiger partial charge in [0.15, 0.2) is 0 Å². The van der Waals surface area contributed by atoms with Gasteiger partial charge in [0, 0.05) is 10.9 Å². The molecule has 2 aromatic rings. The van der Waals surface area contributed by atoms with Crippen LogP contribution in [0, 0.1) is 0 Å². The first-order valence-electron chi connectivity index (χ1n) is 6.05. The monoisotopic (exact) mass is 324 g/mol. The predicted octanol–water partition coefficient (Wildman–Crippen LogP) is 1.89. The fraction of sp³-hybridized carbons (Fsp3) is 0.385. The predicted molar refractivity (Wildman–Crippen MR) is 73.1 cm³/mol. The van der Waals surface area contributed by atoms with Crippen LogP contribution in [0.25, 0.3) is 11.0 Å². The first-order chi connectivity index (χ1) is 9.10. The largest absolute Gasteiger partial charge is 0.465 e. The van der Waals surface area contributed by atoms with Gasteiger partial charge in [0.05, 0.1) is 36.4 Å². The Morgan fingerprint density at radius 2 is 2.37 bits per heavy atom. The van der Waals surface area contributed by atoms with Gasteiger partial charge in [-0.15, -0.1) is 0 Å². The molecule has 1 aliphatic rings. The molecule has 5 nitrogen and oxygen atoms in total. The molecule has 1 aliphatic heterocycles. The van der Waals surface area contributed by atoms with Gasteiger partial charge in [0.2, 0.25) is 0 Å². The molecule has 0 spiro atoms. The number of fused-ring (bicyclic) bond motifs is 3. The molecule has 2 heterocycles. The van der Waals surface area contributed by atoms with E-state index in [1.54, 1.807) is 12.1 Å². The average Bonchev–Trinajstić information content (AvgIpc) is 2.75. The molecule has 6 heteroatoms. The van der Waals surface area contributed by atoms with Crippen molar-refractivity contribution in [2.75, 3.05) is 7.11 Å². The van der Waals surface area contributed by atoms with E-state index in [4.69, 9.17) is 4.74 Å². The summed E-state index contributed by atoms with van der Waals surface area (Å²) in [5.41, 5.74) is 2.14. The number of ether oxygens (including phenoxy) is 1. The zero-order valence-corrected chi connectivity index (χ0v) is 12.0. The molecule has 0 bridgehead atoms. The highest BCUT2D eigenvalue weighted by Gasteiger charge is 2.22. The molecule has 1 unspecified atom stereocenters. The SMILES string of the molecule is COC(=O)c1cc(Br)c2c(c1)nc1n2CC(O)CC1. The Kier molecular flexibility index (Phi) is 3.06. The Morgan fingerprint density at radius 1 is 1.58 bits per heavy atom. The number of hydrogen-bond acceptors (Lipinski definition) is 4. The molecular weight excluding hydrogens is 312 g/mol. The summed E-state index contributed by atoms with van der Waals surface area (Å²) < 4.78 is 7.52. The van der Waals surface area contributed by atoms with Crippen LogP contribution in [0.1, 0.15) is 22.6 Å². The molecule has 3 rings (SSSR count). The third-order valence-electron chi connectivity index (χ3n) is 3.39. The molecule has 0 saturated heterocycles. The molecule has 0 radical (unpaired) electrons. The number of hydrogen-bond donors (Lipinski definition) is 1. The van der Waals surface area contributed by atoms with E-state index in [-0.39, 0.29) is 12.1 Å². The van der Waals surface area contributed by atoms with Crippen molar-refractivity contribution in [3.05, 3.63) is 28.0 Å². The Morgan fingerprint density at radius 3 is 3.11 bits per heavy atom. The van der Waals surface area contributed by atoms with E-state index in [1.807, 2.05) is 4.57 Å². The van der Waals surface area contributed by atoms with E-state index < -0.39 is 0 Å². The van der Waals surface area contributed by atoms with Crippen molar-refractivity contribution < 1.29 is 14.6 Å². The first-order valence-corrected chi connectivity index (χ1v) is 6.84. The van der Waals surface area contributed by atoms with Crippen LogP contribution >= 0.6 is 15.9 Å². The van der Waals surface area contributed by atoms with Gasteiger partial charge in [0.1, 0.15) is 5.82 Å². The van der Waals surface area contributed by atoms with E-state index in [0.29, 0.717) is 12.1 Å². The molecule has 0 amide bonds. The fourth-order valence-corrected chi connectivity index (χ4v) is 3.15. The number of esters is 1. The standard InChI is InChI=1S/C13H13BrN2O3/c1-19-13(18)7-4-9(14)12-10(5-7)15-11-3-2-8(17)6-16(11)12/h4-5,8,17H,2-3,6H2,1H3. The molecule has 0 saturated carbocycles. The van der Waals surface area contributed by atoms with Gasteiger partial charge in [-0.1, -0.05) is 0 Å². The van der Waals surface area contributed by atoms with Crippen molar-refractivity contribution >= 4 is 32.9 Å². The number of carbonyl (C=O) groups is 1. The third-order valence-corrected chi connectivity index (χ3v) is 3.99. The minimum absolute atomic E-state index is 0.336. The molecule has 1 aromatic heterocycles. The molecule has 100 valence electrons. The van der Waals surface area contributed by atoms with Gasteiger partial charge >= 0.3 is 5.97 Å². The van der Waals surface area contributed by atoms with Crippen LogP contribution in [0.5, 0.6) is 0 Å². The second-order valence-corrected chi connectivity index (χ2v) is 5.50. The smallest absolute Gasteiger partial charge is 0.337 e. The summed E-state index contributed by atoms with van der Waals surface area (Å²) in [5, 5.41) is 9.77. The average molecular weight is 325 g/mol. The van der Waals surface area contributed by atoms with Crippen LogP contribution < -0.4 is 0 Å². The zero-order valence-electron chi connectivity index (χ0n) is 10.4. The second-order valence-electron chi connectivity index (χ2n) is 4.65. The van der Waals surface area contributed by atoms with Gasteiger partial charge in [-0.05, 0) is 34.5 Å². The van der Waals surface area contributed by atoms with Crippen molar-refractivity contribution in [2.45, 2.75) is 25.5 Å². The van der Waals surface area contributed by atoms with Crippen molar-refractivity contribution in [3.63, 3.8) is 0 Å². The van der Waals surface area contributed by atoms with E-state index in [9.17, 15) is 9.90 Å². The van der Waals surface area contributed by atoms with Crippen LogP contribution in [0.4, 0.5) is 0 Å². The number of benzene rings is 1. The number of nitrogens with zero attached hydrogens (tertiary/aromatic N) is 2. The van der Waals surface area contributed by atoms with Gasteiger partial charge in [-0.2, -0.15) is 0 Å². The highest BCUT2D eigenvalue weighted by atomic mass is 79.9. The molecule has 1 N–H and O–H groups in total. The van der Waals surface area contributed by atoms with Gasteiger partial charge in [-0.3, -0.25) is 0 Å². The summed E-state index contributed by atoms with van der Waals surface area (Å²) >= 11 is 3.47. The highest BCUT2D eigenvalue weighted by Crippen LogP contribution is 2.30.